The summed E-state index contributed by atoms with van der Waals surface area (Å²) in [6.45, 7) is 4.54. The highest BCUT2D eigenvalue weighted by Crippen LogP contribution is 2.18. The van der Waals surface area contributed by atoms with E-state index in [1.807, 2.05) is 35.2 Å². The minimum Gasteiger partial charge on any atom is -0.353 e. The number of hydrogen-bond donors (Lipinski definition) is 1. The number of amides is 2. The normalized spacial score (nSPS) is 22.3. The molecule has 0 bridgehead atoms. The molecule has 3 rings (SSSR count). The van der Waals surface area contributed by atoms with Crippen LogP contribution in [0.15, 0.2) is 30.3 Å². The molecule has 2 amide bonds. The number of nitrogens with one attached hydrogen (secondary N) is 1. The van der Waals surface area contributed by atoms with Crippen LogP contribution in [0.25, 0.3) is 0 Å². The maximum absolute atomic E-state index is 12.8. The molecule has 2 heterocycles. The van der Waals surface area contributed by atoms with E-state index in [1.165, 1.54) is 0 Å². The smallest absolute Gasteiger partial charge is 0.324 e. The number of carbonyl (C=O) groups excluding carboxylic acids is 1. The molecule has 2 fully saturated rings. The van der Waals surface area contributed by atoms with E-state index in [9.17, 15) is 4.79 Å². The summed E-state index contributed by atoms with van der Waals surface area (Å²) in [6, 6.07) is 9.79. The first kappa shape index (κ1) is 14.3. The average Bonchev–Trinajstić information content (AvgIpc) is 3.07. The number of piperazine rings is 1. The Kier molecular flexibility index (Phi) is 4.69. The van der Waals surface area contributed by atoms with Crippen LogP contribution in [0.3, 0.4) is 0 Å². The zero-order valence-corrected chi connectivity index (χ0v) is 12.0. The Hall–Kier alpha value is -1.63. The SMILES string of the molecule is O=C(N1CCNCC1)N(CC1COCO1)c1ccccc1. The first-order chi connectivity index (χ1) is 10.3. The van der Waals surface area contributed by atoms with Crippen LogP contribution in [0, 0.1) is 0 Å². The van der Waals surface area contributed by atoms with Gasteiger partial charge in [-0.2, -0.15) is 0 Å². The maximum atomic E-state index is 12.8. The second kappa shape index (κ2) is 6.89. The molecule has 2 saturated heterocycles. The lowest BCUT2D eigenvalue weighted by Gasteiger charge is -2.34. The quantitative estimate of drug-likeness (QED) is 0.898. The number of carbonyl (C=O) groups is 1. The van der Waals surface area contributed by atoms with Crippen LogP contribution < -0.4 is 10.2 Å². The van der Waals surface area contributed by atoms with Crippen molar-refractivity contribution in [3.05, 3.63) is 30.3 Å². The fourth-order valence-corrected chi connectivity index (χ4v) is 2.61. The molecular weight excluding hydrogens is 270 g/mol. The summed E-state index contributed by atoms with van der Waals surface area (Å²) >= 11 is 0. The third-order valence-corrected chi connectivity index (χ3v) is 3.76. The average molecular weight is 291 g/mol. The first-order valence-electron chi connectivity index (χ1n) is 7.36. The monoisotopic (exact) mass is 291 g/mol. The standard InChI is InChI=1S/C15H21N3O3/c19-15(17-8-6-16-7-9-17)18(10-14-11-20-12-21-14)13-4-2-1-3-5-13/h1-5,14,16H,6-12H2. The Morgan fingerprint density at radius 1 is 1.29 bits per heavy atom. The molecule has 2 aliphatic heterocycles. The van der Waals surface area contributed by atoms with Crippen molar-refractivity contribution in [3.8, 4) is 0 Å². The molecule has 0 radical (unpaired) electrons. The minimum absolute atomic E-state index is 0.0400. The van der Waals surface area contributed by atoms with E-state index in [0.29, 0.717) is 19.9 Å². The van der Waals surface area contributed by atoms with Crippen LogP contribution in [0.5, 0.6) is 0 Å². The topological polar surface area (TPSA) is 54.0 Å². The van der Waals surface area contributed by atoms with Crippen molar-refractivity contribution in [1.82, 2.24) is 10.2 Å². The molecule has 6 nitrogen and oxygen atoms in total. The molecule has 6 heteroatoms. The molecule has 114 valence electrons. The van der Waals surface area contributed by atoms with Gasteiger partial charge < -0.3 is 19.7 Å². The second-order valence-corrected chi connectivity index (χ2v) is 5.24. The van der Waals surface area contributed by atoms with Gasteiger partial charge in [0.1, 0.15) is 12.9 Å². The first-order valence-corrected chi connectivity index (χ1v) is 7.36. The Balaban J connectivity index is 1.75. The van der Waals surface area contributed by atoms with E-state index in [0.717, 1.165) is 31.9 Å². The van der Waals surface area contributed by atoms with Crippen molar-refractivity contribution in [2.45, 2.75) is 6.10 Å². The van der Waals surface area contributed by atoms with Gasteiger partial charge in [-0.15, -0.1) is 0 Å². The summed E-state index contributed by atoms with van der Waals surface area (Å²) < 4.78 is 10.7. The van der Waals surface area contributed by atoms with Gasteiger partial charge in [0.15, 0.2) is 0 Å². The van der Waals surface area contributed by atoms with Gasteiger partial charge in [0.25, 0.3) is 0 Å². The van der Waals surface area contributed by atoms with Crippen molar-refractivity contribution >= 4 is 11.7 Å². The predicted octanol–water partition coefficient (Wildman–Crippen LogP) is 0.891. The van der Waals surface area contributed by atoms with E-state index in [4.69, 9.17) is 9.47 Å². The van der Waals surface area contributed by atoms with Gasteiger partial charge >= 0.3 is 6.03 Å². The van der Waals surface area contributed by atoms with Gasteiger partial charge in [0, 0.05) is 31.9 Å². The van der Waals surface area contributed by atoms with Gasteiger partial charge in [-0.1, -0.05) is 18.2 Å². The summed E-state index contributed by atoms with van der Waals surface area (Å²) in [5, 5.41) is 3.26. The Morgan fingerprint density at radius 2 is 2.05 bits per heavy atom. The number of hydrogen-bond acceptors (Lipinski definition) is 4. The van der Waals surface area contributed by atoms with Crippen LogP contribution in [0.2, 0.25) is 0 Å². The van der Waals surface area contributed by atoms with Crippen LogP contribution in [0.1, 0.15) is 0 Å². The summed E-state index contributed by atoms with van der Waals surface area (Å²) in [7, 11) is 0. The number of urea groups is 1. The number of para-hydroxylation sites is 1. The lowest BCUT2D eigenvalue weighted by atomic mass is 10.2. The van der Waals surface area contributed by atoms with E-state index in [1.54, 1.807) is 4.90 Å². The Morgan fingerprint density at radius 3 is 2.71 bits per heavy atom. The number of ether oxygens (including phenoxy) is 2. The second-order valence-electron chi connectivity index (χ2n) is 5.24. The number of rotatable bonds is 3. The van der Waals surface area contributed by atoms with Crippen LogP contribution in [-0.2, 0) is 9.47 Å². The third kappa shape index (κ3) is 3.53. The summed E-state index contributed by atoms with van der Waals surface area (Å²) in [4.78, 5) is 16.5. The van der Waals surface area contributed by atoms with Crippen LogP contribution >= 0.6 is 0 Å². The maximum Gasteiger partial charge on any atom is 0.324 e. The molecule has 1 atom stereocenters. The molecule has 0 saturated carbocycles. The Bertz CT molecular complexity index is 456. The number of nitrogens with zero attached hydrogens (tertiary/aromatic N) is 2. The van der Waals surface area contributed by atoms with Crippen LogP contribution in [-0.4, -0.2) is 63.2 Å². The van der Waals surface area contributed by atoms with Gasteiger partial charge in [0.05, 0.1) is 13.2 Å². The molecule has 0 aromatic heterocycles. The molecular formula is C15H21N3O3. The molecule has 0 spiro atoms. The third-order valence-electron chi connectivity index (χ3n) is 3.76. The zero-order chi connectivity index (χ0) is 14.5. The fourth-order valence-electron chi connectivity index (χ4n) is 2.61. The van der Waals surface area contributed by atoms with Crippen molar-refractivity contribution in [3.63, 3.8) is 0 Å². The van der Waals surface area contributed by atoms with Crippen molar-refractivity contribution < 1.29 is 14.3 Å². The van der Waals surface area contributed by atoms with Gasteiger partial charge in [-0.25, -0.2) is 4.79 Å². The van der Waals surface area contributed by atoms with Crippen LogP contribution in [0.4, 0.5) is 10.5 Å². The highest BCUT2D eigenvalue weighted by Gasteiger charge is 2.28. The van der Waals surface area contributed by atoms with E-state index >= 15 is 0 Å². The van der Waals surface area contributed by atoms with Crippen molar-refractivity contribution in [2.24, 2.45) is 0 Å². The highest BCUT2D eigenvalue weighted by atomic mass is 16.7. The van der Waals surface area contributed by atoms with E-state index in [-0.39, 0.29) is 12.1 Å². The predicted molar refractivity (Wildman–Crippen MR) is 79.3 cm³/mol. The zero-order valence-electron chi connectivity index (χ0n) is 12.0. The number of benzene rings is 1. The summed E-state index contributed by atoms with van der Waals surface area (Å²) in [5.41, 5.74) is 0.900. The summed E-state index contributed by atoms with van der Waals surface area (Å²) in [6.07, 6.45) is -0.0583. The molecule has 21 heavy (non-hydrogen) atoms. The lowest BCUT2D eigenvalue weighted by Crippen LogP contribution is -2.53. The molecule has 1 aromatic rings. The van der Waals surface area contributed by atoms with E-state index in [2.05, 4.69) is 5.32 Å². The highest BCUT2D eigenvalue weighted by molar-refractivity contribution is 5.92. The van der Waals surface area contributed by atoms with Gasteiger partial charge in [-0.05, 0) is 12.1 Å². The summed E-state index contributed by atoms with van der Waals surface area (Å²) in [5.74, 6) is 0. The van der Waals surface area contributed by atoms with Crippen molar-refractivity contribution in [2.75, 3.05) is 51.0 Å². The van der Waals surface area contributed by atoms with Crippen molar-refractivity contribution in [1.29, 1.82) is 0 Å². The van der Waals surface area contributed by atoms with E-state index < -0.39 is 0 Å². The molecule has 1 unspecified atom stereocenters. The number of anilines is 1. The molecule has 0 aliphatic carbocycles. The van der Waals surface area contributed by atoms with Gasteiger partial charge in [-0.3, -0.25) is 4.90 Å². The largest absolute Gasteiger partial charge is 0.353 e. The molecule has 1 N–H and O–H groups in total. The fraction of sp³-hybridized carbons (Fsp3) is 0.533. The molecule has 2 aliphatic rings. The lowest BCUT2D eigenvalue weighted by molar-refractivity contribution is 0.0486. The minimum atomic E-state index is -0.0583. The Labute approximate surface area is 124 Å². The van der Waals surface area contributed by atoms with Gasteiger partial charge in [0.2, 0.25) is 0 Å². The molecule has 1 aromatic carbocycles.